The lowest BCUT2D eigenvalue weighted by Crippen LogP contribution is -2.31. The number of halogens is 1. The molecule has 2 N–H and O–H groups in total. The van der Waals surface area contributed by atoms with E-state index < -0.39 is 0 Å². The number of carbonyl (C=O) groups is 1. The molecule has 0 atom stereocenters. The summed E-state index contributed by atoms with van der Waals surface area (Å²) in [5, 5.41) is 6.57. The first-order chi connectivity index (χ1) is 9.84. The third-order valence-corrected chi connectivity index (χ3v) is 5.05. The molecule has 3 nitrogen and oxygen atoms in total. The smallest absolute Gasteiger partial charge is 0.220 e. The number of piperidine rings is 1. The second kappa shape index (κ2) is 11.3. The zero-order chi connectivity index (χ0) is 14.0. The zero-order valence-corrected chi connectivity index (χ0v) is 14.2. The Kier molecular flexibility index (Phi) is 10.1. The first-order valence-corrected chi connectivity index (χ1v) is 8.82. The van der Waals surface area contributed by atoms with Gasteiger partial charge in [-0.2, -0.15) is 0 Å². The van der Waals surface area contributed by atoms with E-state index in [4.69, 9.17) is 0 Å². The van der Waals surface area contributed by atoms with Crippen molar-refractivity contribution >= 4 is 18.3 Å². The molecule has 0 aromatic rings. The summed E-state index contributed by atoms with van der Waals surface area (Å²) in [6, 6.07) is 0. The molecule has 2 rings (SSSR count). The SMILES string of the molecule is Cl.O=C(CCC1CCNCC1)NCC1CCCCCCC1. The minimum Gasteiger partial charge on any atom is -0.356 e. The molecule has 1 aliphatic carbocycles. The lowest BCUT2D eigenvalue weighted by Gasteiger charge is -2.23. The summed E-state index contributed by atoms with van der Waals surface area (Å²) in [6.07, 6.45) is 13.8. The van der Waals surface area contributed by atoms with E-state index in [2.05, 4.69) is 10.6 Å². The molecule has 0 bridgehead atoms. The minimum absolute atomic E-state index is 0. The molecular formula is C17H33ClN2O. The summed E-state index contributed by atoms with van der Waals surface area (Å²) in [5.74, 6) is 1.78. The lowest BCUT2D eigenvalue weighted by molar-refractivity contribution is -0.121. The van der Waals surface area contributed by atoms with E-state index >= 15 is 0 Å². The highest BCUT2D eigenvalue weighted by molar-refractivity contribution is 5.85. The van der Waals surface area contributed by atoms with Crippen molar-refractivity contribution < 1.29 is 4.79 Å². The van der Waals surface area contributed by atoms with Crippen LogP contribution in [-0.4, -0.2) is 25.5 Å². The molecule has 2 aliphatic rings. The van der Waals surface area contributed by atoms with Crippen LogP contribution < -0.4 is 10.6 Å². The van der Waals surface area contributed by atoms with Crippen LogP contribution in [0.5, 0.6) is 0 Å². The Morgan fingerprint density at radius 3 is 2.19 bits per heavy atom. The molecule has 1 amide bonds. The summed E-state index contributed by atoms with van der Waals surface area (Å²) in [6.45, 7) is 3.19. The topological polar surface area (TPSA) is 41.1 Å². The van der Waals surface area contributed by atoms with Gasteiger partial charge in [0.15, 0.2) is 0 Å². The van der Waals surface area contributed by atoms with Gasteiger partial charge in [0.25, 0.3) is 0 Å². The standard InChI is InChI=1S/C17H32N2O.ClH/c20-17(9-8-15-10-12-18-13-11-15)19-14-16-6-4-2-1-3-5-7-16;/h15-16,18H,1-14H2,(H,19,20);1H. The summed E-state index contributed by atoms with van der Waals surface area (Å²) in [5.41, 5.74) is 0. The van der Waals surface area contributed by atoms with Crippen LogP contribution in [0.3, 0.4) is 0 Å². The molecule has 0 aromatic carbocycles. The molecule has 1 heterocycles. The number of carbonyl (C=O) groups excluding carboxylic acids is 1. The largest absolute Gasteiger partial charge is 0.356 e. The Labute approximate surface area is 136 Å². The van der Waals surface area contributed by atoms with Crippen molar-refractivity contribution in [3.63, 3.8) is 0 Å². The number of hydrogen-bond acceptors (Lipinski definition) is 2. The van der Waals surface area contributed by atoms with Crippen LogP contribution in [0.2, 0.25) is 0 Å². The van der Waals surface area contributed by atoms with Gasteiger partial charge in [-0.3, -0.25) is 4.79 Å². The van der Waals surface area contributed by atoms with Crippen molar-refractivity contribution in [2.75, 3.05) is 19.6 Å². The van der Waals surface area contributed by atoms with Crippen molar-refractivity contribution in [2.24, 2.45) is 11.8 Å². The van der Waals surface area contributed by atoms with Crippen molar-refractivity contribution in [3.05, 3.63) is 0 Å². The van der Waals surface area contributed by atoms with Crippen LogP contribution >= 0.6 is 12.4 Å². The first-order valence-electron chi connectivity index (χ1n) is 8.82. The molecule has 0 aromatic heterocycles. The molecule has 1 saturated carbocycles. The Bertz CT molecular complexity index is 272. The van der Waals surface area contributed by atoms with Gasteiger partial charge < -0.3 is 10.6 Å². The number of nitrogens with one attached hydrogen (secondary N) is 2. The molecule has 4 heteroatoms. The highest BCUT2D eigenvalue weighted by Gasteiger charge is 2.16. The molecule has 0 radical (unpaired) electrons. The Morgan fingerprint density at radius 2 is 1.52 bits per heavy atom. The van der Waals surface area contributed by atoms with Crippen LogP contribution in [0.15, 0.2) is 0 Å². The van der Waals surface area contributed by atoms with Crippen LogP contribution in [0.1, 0.15) is 70.6 Å². The molecule has 0 unspecified atom stereocenters. The average molecular weight is 317 g/mol. The highest BCUT2D eigenvalue weighted by Crippen LogP contribution is 2.22. The van der Waals surface area contributed by atoms with Gasteiger partial charge in [0.05, 0.1) is 0 Å². The van der Waals surface area contributed by atoms with Crippen molar-refractivity contribution in [2.45, 2.75) is 70.6 Å². The summed E-state index contributed by atoms with van der Waals surface area (Å²) >= 11 is 0. The first kappa shape index (κ1) is 18.8. The number of hydrogen-bond donors (Lipinski definition) is 2. The maximum absolute atomic E-state index is 12.0. The fourth-order valence-corrected chi connectivity index (χ4v) is 3.60. The van der Waals surface area contributed by atoms with Crippen LogP contribution in [-0.2, 0) is 4.79 Å². The monoisotopic (exact) mass is 316 g/mol. The molecule has 1 saturated heterocycles. The third kappa shape index (κ3) is 8.06. The highest BCUT2D eigenvalue weighted by atomic mass is 35.5. The van der Waals surface area contributed by atoms with E-state index in [1.807, 2.05) is 0 Å². The van der Waals surface area contributed by atoms with Gasteiger partial charge in [0, 0.05) is 13.0 Å². The van der Waals surface area contributed by atoms with E-state index in [1.54, 1.807) is 0 Å². The molecule has 21 heavy (non-hydrogen) atoms. The third-order valence-electron chi connectivity index (χ3n) is 5.05. The Morgan fingerprint density at radius 1 is 0.905 bits per heavy atom. The second-order valence-electron chi connectivity index (χ2n) is 6.75. The maximum Gasteiger partial charge on any atom is 0.220 e. The zero-order valence-electron chi connectivity index (χ0n) is 13.4. The van der Waals surface area contributed by atoms with Crippen LogP contribution in [0, 0.1) is 11.8 Å². The predicted octanol–water partition coefficient (Wildman–Crippen LogP) is 3.66. The Balaban J connectivity index is 0.00000220. The van der Waals surface area contributed by atoms with Gasteiger partial charge in [0.2, 0.25) is 5.91 Å². The predicted molar refractivity (Wildman–Crippen MR) is 90.9 cm³/mol. The van der Waals surface area contributed by atoms with E-state index in [9.17, 15) is 4.79 Å². The summed E-state index contributed by atoms with van der Waals surface area (Å²) < 4.78 is 0. The normalized spacial score (nSPS) is 21.9. The van der Waals surface area contributed by atoms with E-state index in [1.165, 1.54) is 57.8 Å². The molecule has 124 valence electrons. The molecule has 2 fully saturated rings. The van der Waals surface area contributed by atoms with E-state index in [0.29, 0.717) is 0 Å². The van der Waals surface area contributed by atoms with Gasteiger partial charge in [0.1, 0.15) is 0 Å². The van der Waals surface area contributed by atoms with Crippen molar-refractivity contribution in [3.8, 4) is 0 Å². The van der Waals surface area contributed by atoms with Crippen molar-refractivity contribution in [1.29, 1.82) is 0 Å². The van der Waals surface area contributed by atoms with Gasteiger partial charge in [-0.1, -0.05) is 32.1 Å². The van der Waals surface area contributed by atoms with Crippen molar-refractivity contribution in [1.82, 2.24) is 10.6 Å². The molecular weight excluding hydrogens is 284 g/mol. The lowest BCUT2D eigenvalue weighted by atomic mass is 9.91. The van der Waals surface area contributed by atoms with E-state index in [0.717, 1.165) is 44.3 Å². The van der Waals surface area contributed by atoms with Crippen LogP contribution in [0.4, 0.5) is 0 Å². The van der Waals surface area contributed by atoms with E-state index in [-0.39, 0.29) is 18.3 Å². The molecule has 1 aliphatic heterocycles. The van der Waals surface area contributed by atoms with Gasteiger partial charge in [-0.25, -0.2) is 0 Å². The Hall–Kier alpha value is -0.280. The fourth-order valence-electron chi connectivity index (χ4n) is 3.60. The minimum atomic E-state index is 0. The molecule has 0 spiro atoms. The maximum atomic E-state index is 12.0. The second-order valence-corrected chi connectivity index (χ2v) is 6.75. The summed E-state index contributed by atoms with van der Waals surface area (Å²) in [7, 11) is 0. The summed E-state index contributed by atoms with van der Waals surface area (Å²) in [4.78, 5) is 12.0. The number of amides is 1. The number of rotatable bonds is 5. The average Bonchev–Trinajstić information content (AvgIpc) is 2.45. The van der Waals surface area contributed by atoms with Gasteiger partial charge >= 0.3 is 0 Å². The fraction of sp³-hybridized carbons (Fsp3) is 0.941. The van der Waals surface area contributed by atoms with Crippen LogP contribution in [0.25, 0.3) is 0 Å². The quantitative estimate of drug-likeness (QED) is 0.812. The van der Waals surface area contributed by atoms with Gasteiger partial charge in [-0.05, 0) is 57.0 Å². The van der Waals surface area contributed by atoms with Gasteiger partial charge in [-0.15, -0.1) is 12.4 Å².